The zero-order valence-corrected chi connectivity index (χ0v) is 22.1. The van der Waals surface area contributed by atoms with Gasteiger partial charge in [0.05, 0.1) is 26.6 Å². The number of nitrogens with one attached hydrogen (secondary N) is 1. The highest BCUT2D eigenvalue weighted by molar-refractivity contribution is 14.1. The van der Waals surface area contributed by atoms with Crippen LogP contribution < -0.4 is 14.8 Å². The van der Waals surface area contributed by atoms with Gasteiger partial charge in [-0.05, 0) is 77.0 Å². The normalized spacial score (nSPS) is 10.8. The summed E-state index contributed by atoms with van der Waals surface area (Å²) in [6.07, 6.45) is 1.35. The van der Waals surface area contributed by atoms with E-state index >= 15 is 0 Å². The standard InChI is InChI=1S/C24H16ClIN4O7/c1-13-17(25)4-3-5-19(13)28-24(31)15(12-27)8-14-9-18(26)23(22(10-14)36-2)37-21-7-6-16(29(32)33)11-20(21)30(34)35/h3-11H,1-2H3,(H,28,31)/b15-8+. The van der Waals surface area contributed by atoms with Crippen LogP contribution in [0.1, 0.15) is 11.1 Å². The number of anilines is 1. The van der Waals surface area contributed by atoms with Gasteiger partial charge in [-0.2, -0.15) is 5.26 Å². The lowest BCUT2D eigenvalue weighted by molar-refractivity contribution is -0.394. The monoisotopic (exact) mass is 634 g/mol. The summed E-state index contributed by atoms with van der Waals surface area (Å²) in [4.78, 5) is 33.6. The predicted octanol–water partition coefficient (Wildman–Crippen LogP) is 6.42. The lowest BCUT2D eigenvalue weighted by Crippen LogP contribution is -2.14. The third-order valence-electron chi connectivity index (χ3n) is 5.01. The van der Waals surface area contributed by atoms with E-state index in [0.717, 1.165) is 18.2 Å². The highest BCUT2D eigenvalue weighted by Crippen LogP contribution is 2.41. The number of carbonyl (C=O) groups excluding carboxylic acids is 1. The fourth-order valence-corrected chi connectivity index (χ4v) is 4.04. The van der Waals surface area contributed by atoms with Crippen LogP contribution in [0.5, 0.6) is 17.2 Å². The molecule has 1 N–H and O–H groups in total. The maximum Gasteiger partial charge on any atom is 0.318 e. The molecule has 188 valence electrons. The molecule has 0 fully saturated rings. The summed E-state index contributed by atoms with van der Waals surface area (Å²) >= 11 is 7.99. The highest BCUT2D eigenvalue weighted by Gasteiger charge is 2.23. The van der Waals surface area contributed by atoms with Crippen LogP contribution in [0.15, 0.2) is 54.1 Å². The van der Waals surface area contributed by atoms with E-state index in [0.29, 0.717) is 25.4 Å². The SMILES string of the molecule is COc1cc(/C=C(\C#N)C(=O)Nc2cccc(Cl)c2C)cc(I)c1Oc1ccc([N+](=O)[O-])cc1[N+](=O)[O-]. The van der Waals surface area contributed by atoms with Crippen molar-refractivity contribution >= 4 is 63.2 Å². The molecular formula is C24H16ClIN4O7. The molecule has 37 heavy (non-hydrogen) atoms. The molecule has 0 radical (unpaired) electrons. The first-order chi connectivity index (χ1) is 17.5. The predicted molar refractivity (Wildman–Crippen MR) is 144 cm³/mol. The Bertz CT molecular complexity index is 1500. The van der Waals surface area contributed by atoms with Crippen molar-refractivity contribution in [2.45, 2.75) is 6.92 Å². The molecule has 0 unspecified atom stereocenters. The molecule has 0 spiro atoms. The second-order valence-electron chi connectivity index (χ2n) is 7.34. The number of rotatable bonds is 8. The molecule has 0 aromatic heterocycles. The van der Waals surface area contributed by atoms with Crippen LogP contribution in [-0.4, -0.2) is 22.9 Å². The van der Waals surface area contributed by atoms with Crippen LogP contribution in [0.25, 0.3) is 6.08 Å². The number of benzene rings is 3. The number of methoxy groups -OCH3 is 1. The van der Waals surface area contributed by atoms with Gasteiger partial charge in [-0.25, -0.2) is 0 Å². The third-order valence-corrected chi connectivity index (χ3v) is 6.22. The number of halogens is 2. The maximum atomic E-state index is 12.7. The molecule has 3 aromatic carbocycles. The lowest BCUT2D eigenvalue weighted by Gasteiger charge is -2.14. The maximum absolute atomic E-state index is 12.7. The average Bonchev–Trinajstić information content (AvgIpc) is 2.86. The van der Waals surface area contributed by atoms with Gasteiger partial charge in [-0.3, -0.25) is 25.0 Å². The Kier molecular flexibility index (Phi) is 8.64. The molecule has 0 saturated carbocycles. The van der Waals surface area contributed by atoms with Crippen molar-refractivity contribution in [3.05, 3.63) is 94.1 Å². The van der Waals surface area contributed by atoms with Gasteiger partial charge in [0.15, 0.2) is 11.5 Å². The molecule has 11 nitrogen and oxygen atoms in total. The van der Waals surface area contributed by atoms with Crippen molar-refractivity contribution in [3.8, 4) is 23.3 Å². The molecule has 0 aliphatic rings. The van der Waals surface area contributed by atoms with Crippen molar-refractivity contribution in [3.63, 3.8) is 0 Å². The van der Waals surface area contributed by atoms with E-state index in [2.05, 4.69) is 5.32 Å². The summed E-state index contributed by atoms with van der Waals surface area (Å²) < 4.78 is 11.5. The Morgan fingerprint density at radius 3 is 2.49 bits per heavy atom. The summed E-state index contributed by atoms with van der Waals surface area (Å²) in [6, 6.07) is 12.9. The number of amides is 1. The second kappa shape index (κ2) is 11.7. The number of hydrogen-bond donors (Lipinski definition) is 1. The van der Waals surface area contributed by atoms with Crippen LogP contribution in [0, 0.1) is 42.1 Å². The van der Waals surface area contributed by atoms with E-state index in [1.807, 2.05) is 28.7 Å². The summed E-state index contributed by atoms with van der Waals surface area (Å²) in [5.74, 6) is -0.628. The van der Waals surface area contributed by atoms with Gasteiger partial charge in [0, 0.05) is 16.8 Å². The number of nitriles is 1. The molecule has 0 aliphatic heterocycles. The number of ether oxygens (including phenoxy) is 2. The number of hydrogen-bond acceptors (Lipinski definition) is 8. The number of nitro groups is 2. The Morgan fingerprint density at radius 2 is 1.86 bits per heavy atom. The first-order valence-electron chi connectivity index (χ1n) is 10.2. The average molecular weight is 635 g/mol. The quantitative estimate of drug-likeness (QED) is 0.0978. The number of non-ortho nitro benzene ring substituents is 1. The van der Waals surface area contributed by atoms with Gasteiger partial charge >= 0.3 is 5.69 Å². The van der Waals surface area contributed by atoms with Crippen molar-refractivity contribution in [2.24, 2.45) is 0 Å². The minimum Gasteiger partial charge on any atom is -0.493 e. The fourth-order valence-electron chi connectivity index (χ4n) is 3.13. The highest BCUT2D eigenvalue weighted by atomic mass is 127. The topological polar surface area (TPSA) is 158 Å². The minimum absolute atomic E-state index is 0.106. The Morgan fingerprint density at radius 1 is 1.14 bits per heavy atom. The van der Waals surface area contributed by atoms with Gasteiger partial charge < -0.3 is 14.8 Å². The van der Waals surface area contributed by atoms with Crippen LogP contribution in [0.4, 0.5) is 17.1 Å². The summed E-state index contributed by atoms with van der Waals surface area (Å²) in [6.45, 7) is 1.73. The van der Waals surface area contributed by atoms with E-state index in [1.165, 1.54) is 19.3 Å². The molecule has 13 heteroatoms. The molecule has 0 heterocycles. The van der Waals surface area contributed by atoms with Gasteiger partial charge in [-0.1, -0.05) is 17.7 Å². The number of nitrogens with zero attached hydrogens (tertiary/aromatic N) is 3. The van der Waals surface area contributed by atoms with E-state index in [1.54, 1.807) is 31.2 Å². The molecule has 3 rings (SSSR count). The fraction of sp³-hybridized carbons (Fsp3) is 0.0833. The van der Waals surface area contributed by atoms with E-state index in [4.69, 9.17) is 21.1 Å². The Hall–Kier alpha value is -4.22. The van der Waals surface area contributed by atoms with Crippen molar-refractivity contribution in [1.82, 2.24) is 0 Å². The summed E-state index contributed by atoms with van der Waals surface area (Å²) in [5, 5.41) is 35.1. The van der Waals surface area contributed by atoms with E-state index in [9.17, 15) is 30.3 Å². The molecule has 3 aromatic rings. The number of carbonyl (C=O) groups is 1. The number of nitro benzene ring substituents is 2. The zero-order valence-electron chi connectivity index (χ0n) is 19.2. The Labute approximate surface area is 228 Å². The zero-order chi connectivity index (χ0) is 27.3. The molecule has 0 bridgehead atoms. The van der Waals surface area contributed by atoms with Gasteiger partial charge in [-0.15, -0.1) is 0 Å². The van der Waals surface area contributed by atoms with Crippen molar-refractivity contribution in [1.29, 1.82) is 5.26 Å². The lowest BCUT2D eigenvalue weighted by atomic mass is 10.1. The van der Waals surface area contributed by atoms with Gasteiger partial charge in [0.1, 0.15) is 11.6 Å². The van der Waals surface area contributed by atoms with Crippen LogP contribution in [-0.2, 0) is 4.79 Å². The van der Waals surface area contributed by atoms with Gasteiger partial charge in [0.2, 0.25) is 5.75 Å². The third kappa shape index (κ3) is 6.32. The van der Waals surface area contributed by atoms with Crippen LogP contribution >= 0.6 is 34.2 Å². The second-order valence-corrected chi connectivity index (χ2v) is 8.91. The van der Waals surface area contributed by atoms with Crippen molar-refractivity contribution < 1.29 is 24.1 Å². The van der Waals surface area contributed by atoms with E-state index in [-0.39, 0.29) is 22.8 Å². The van der Waals surface area contributed by atoms with Gasteiger partial charge in [0.25, 0.3) is 11.6 Å². The first kappa shape index (κ1) is 27.4. The van der Waals surface area contributed by atoms with Crippen LogP contribution in [0.2, 0.25) is 5.02 Å². The first-order valence-corrected chi connectivity index (χ1v) is 11.7. The van der Waals surface area contributed by atoms with Crippen molar-refractivity contribution in [2.75, 3.05) is 12.4 Å². The largest absolute Gasteiger partial charge is 0.493 e. The molecule has 0 aliphatic carbocycles. The van der Waals surface area contributed by atoms with E-state index < -0.39 is 27.1 Å². The van der Waals surface area contributed by atoms with Crippen LogP contribution in [0.3, 0.4) is 0 Å². The molecule has 0 saturated heterocycles. The molecule has 1 amide bonds. The molecular weight excluding hydrogens is 619 g/mol. The smallest absolute Gasteiger partial charge is 0.318 e. The Balaban J connectivity index is 1.96. The summed E-state index contributed by atoms with van der Waals surface area (Å²) in [7, 11) is 1.34. The minimum atomic E-state index is -0.793. The molecule has 0 atom stereocenters. The summed E-state index contributed by atoms with van der Waals surface area (Å²) in [5.41, 5.74) is 0.262.